The van der Waals surface area contributed by atoms with Gasteiger partial charge in [-0.2, -0.15) is 14.4 Å². The van der Waals surface area contributed by atoms with E-state index < -0.39 is 45.0 Å². The molecule has 4 atom stereocenters. The predicted molar refractivity (Wildman–Crippen MR) is 73.6 cm³/mol. The van der Waals surface area contributed by atoms with E-state index in [0.29, 0.717) is 0 Å². The first kappa shape index (κ1) is 17.1. The summed E-state index contributed by atoms with van der Waals surface area (Å²) in [7, 11) is -4.78. The maximum Gasteiger partial charge on any atom is 0.469 e. The van der Waals surface area contributed by atoms with Gasteiger partial charge in [0, 0.05) is 0 Å². The van der Waals surface area contributed by atoms with Crippen molar-refractivity contribution in [2.24, 2.45) is 0 Å². The summed E-state index contributed by atoms with van der Waals surface area (Å²) < 4.78 is 34.8. The maximum atomic E-state index is 13.3. The number of phosphoric ester groups is 1. The normalized spacial score (nSPS) is 27.9. The first-order valence-electron chi connectivity index (χ1n) is 6.54. The highest BCUT2D eigenvalue weighted by molar-refractivity contribution is 7.46. The summed E-state index contributed by atoms with van der Waals surface area (Å²) in [6.45, 7) is -0.670. The number of fused-ring (bicyclic) bond motifs is 1. The molecule has 132 valence electrons. The van der Waals surface area contributed by atoms with Crippen LogP contribution >= 0.6 is 7.82 Å². The summed E-state index contributed by atoms with van der Waals surface area (Å²) in [6.07, 6.45) is -5.46. The monoisotopic (exact) mass is 365 g/mol. The van der Waals surface area contributed by atoms with Gasteiger partial charge in [-0.25, -0.2) is 9.55 Å². The molecule has 1 unspecified atom stereocenters. The lowest BCUT2D eigenvalue weighted by Gasteiger charge is -2.16. The first-order chi connectivity index (χ1) is 11.2. The van der Waals surface area contributed by atoms with E-state index in [9.17, 15) is 19.2 Å². The van der Waals surface area contributed by atoms with Crippen molar-refractivity contribution < 1.29 is 38.2 Å². The highest BCUT2D eigenvalue weighted by Gasteiger charge is 2.45. The molecule has 3 rings (SSSR count). The van der Waals surface area contributed by atoms with Crippen molar-refractivity contribution in [2.75, 3.05) is 12.3 Å². The van der Waals surface area contributed by atoms with Crippen LogP contribution in [-0.4, -0.2) is 64.4 Å². The van der Waals surface area contributed by atoms with Gasteiger partial charge in [0.25, 0.3) is 0 Å². The summed E-state index contributed by atoms with van der Waals surface area (Å²) in [5.74, 6) is -0.217. The molecule has 0 aliphatic carbocycles. The molecule has 0 bridgehead atoms. The lowest BCUT2D eigenvalue weighted by atomic mass is 10.1. The van der Waals surface area contributed by atoms with E-state index in [0.717, 1.165) is 10.9 Å². The molecule has 1 aliphatic heterocycles. The first-order valence-corrected chi connectivity index (χ1v) is 8.07. The van der Waals surface area contributed by atoms with Crippen molar-refractivity contribution in [1.82, 2.24) is 19.5 Å². The highest BCUT2D eigenvalue weighted by atomic mass is 31.2. The number of hydrogen-bond acceptors (Lipinski definition) is 9. The predicted octanol–water partition coefficient (Wildman–Crippen LogP) is -1.72. The fourth-order valence-corrected chi connectivity index (χ4v) is 2.71. The second-order valence-electron chi connectivity index (χ2n) is 5.03. The Bertz CT molecular complexity index is 812. The van der Waals surface area contributed by atoms with Gasteiger partial charge in [-0.15, -0.1) is 0 Å². The van der Waals surface area contributed by atoms with E-state index >= 15 is 0 Å². The van der Waals surface area contributed by atoms with Crippen molar-refractivity contribution in [3.8, 4) is 0 Å². The van der Waals surface area contributed by atoms with Gasteiger partial charge in [0.05, 0.1) is 12.9 Å². The minimum absolute atomic E-state index is 0.0663. The molecule has 0 aromatic carbocycles. The second-order valence-corrected chi connectivity index (χ2v) is 6.27. The third-order valence-electron chi connectivity index (χ3n) is 3.44. The van der Waals surface area contributed by atoms with E-state index in [1.165, 1.54) is 0 Å². The van der Waals surface area contributed by atoms with Crippen molar-refractivity contribution in [1.29, 1.82) is 0 Å². The number of nitrogen functional groups attached to an aromatic ring is 1. The molecule has 1 saturated heterocycles. The number of aromatic nitrogens is 4. The molecule has 12 nitrogen and oxygen atoms in total. The Morgan fingerprint density at radius 3 is 2.75 bits per heavy atom. The molecule has 1 aliphatic rings. The summed E-state index contributed by atoms with van der Waals surface area (Å²) in [4.78, 5) is 28.1. The lowest BCUT2D eigenvalue weighted by Crippen LogP contribution is -2.33. The lowest BCUT2D eigenvalue weighted by molar-refractivity contribution is -0.0504. The Hall–Kier alpha value is -1.73. The van der Waals surface area contributed by atoms with Gasteiger partial charge in [-0.1, -0.05) is 0 Å². The molecular formula is C10H13FN5O7P. The third-order valence-corrected chi connectivity index (χ3v) is 3.92. The molecule has 1 fully saturated rings. The number of nitrogens with two attached hydrogens (primary N) is 1. The van der Waals surface area contributed by atoms with Crippen LogP contribution in [0.2, 0.25) is 0 Å². The zero-order valence-corrected chi connectivity index (χ0v) is 12.7. The molecule has 24 heavy (non-hydrogen) atoms. The number of anilines is 1. The number of halogens is 1. The van der Waals surface area contributed by atoms with Crippen molar-refractivity contribution >= 4 is 24.8 Å². The van der Waals surface area contributed by atoms with Gasteiger partial charge in [0.2, 0.25) is 0 Å². The van der Waals surface area contributed by atoms with E-state index in [2.05, 4.69) is 19.5 Å². The van der Waals surface area contributed by atoms with Crippen LogP contribution in [0.3, 0.4) is 0 Å². The molecule has 0 amide bonds. The Morgan fingerprint density at radius 2 is 2.08 bits per heavy atom. The minimum atomic E-state index is -4.78. The maximum absolute atomic E-state index is 13.3. The summed E-state index contributed by atoms with van der Waals surface area (Å²) >= 11 is 0. The fourth-order valence-electron chi connectivity index (χ4n) is 2.36. The second kappa shape index (κ2) is 5.97. The fraction of sp³-hybridized carbons (Fsp3) is 0.500. The largest absolute Gasteiger partial charge is 0.469 e. The standard InChI is InChI=1S/C10H13FN5O7P/c11-10-14-7(12)4-8(15-10)16(2-13-4)9-6(18)5(17)3(23-9)1-22-24(19,20)21/h2-3,5-6,9,17-18H,1H2,(H2,12,14,15)(H2,19,20,21)/t3-,5+,6?,9+/m0/s1. The smallest absolute Gasteiger partial charge is 0.387 e. The highest BCUT2D eigenvalue weighted by Crippen LogP contribution is 2.38. The Labute approximate surface area is 132 Å². The van der Waals surface area contributed by atoms with Gasteiger partial charge in [0.15, 0.2) is 23.2 Å². The van der Waals surface area contributed by atoms with Gasteiger partial charge in [-0.05, 0) is 0 Å². The molecule has 0 saturated carbocycles. The van der Waals surface area contributed by atoms with Gasteiger partial charge in [0.1, 0.15) is 18.3 Å². The molecule has 0 radical (unpaired) electrons. The quantitative estimate of drug-likeness (QED) is 0.306. The van der Waals surface area contributed by atoms with Crippen LogP contribution in [-0.2, 0) is 13.8 Å². The Morgan fingerprint density at radius 1 is 1.38 bits per heavy atom. The minimum Gasteiger partial charge on any atom is -0.387 e. The number of phosphoric acid groups is 1. The number of ether oxygens (including phenoxy) is 1. The summed E-state index contributed by atoms with van der Waals surface area (Å²) in [5, 5.41) is 20.0. The van der Waals surface area contributed by atoms with Crippen LogP contribution in [0.5, 0.6) is 0 Å². The molecule has 2 aromatic heterocycles. The van der Waals surface area contributed by atoms with E-state index in [4.69, 9.17) is 20.3 Å². The molecule has 0 spiro atoms. The van der Waals surface area contributed by atoms with E-state index in [-0.39, 0.29) is 17.0 Å². The number of imidazole rings is 1. The molecule has 3 heterocycles. The van der Waals surface area contributed by atoms with Crippen LogP contribution in [0, 0.1) is 6.08 Å². The topological polar surface area (TPSA) is 186 Å². The molecule has 14 heteroatoms. The third kappa shape index (κ3) is 3.10. The van der Waals surface area contributed by atoms with Crippen LogP contribution in [0.1, 0.15) is 6.23 Å². The Balaban J connectivity index is 1.89. The average Bonchev–Trinajstić information content (AvgIpc) is 3.00. The molecule has 6 N–H and O–H groups in total. The van der Waals surface area contributed by atoms with Gasteiger partial charge < -0.3 is 30.5 Å². The zero-order chi connectivity index (χ0) is 17.6. The van der Waals surface area contributed by atoms with E-state index in [1.807, 2.05) is 0 Å². The summed E-state index contributed by atoms with van der Waals surface area (Å²) in [5.41, 5.74) is 5.52. The Kier molecular flexibility index (Phi) is 4.25. The van der Waals surface area contributed by atoms with Crippen LogP contribution in [0.4, 0.5) is 10.2 Å². The number of aliphatic hydroxyl groups is 2. The number of aliphatic hydroxyl groups excluding tert-OH is 2. The molecular weight excluding hydrogens is 352 g/mol. The van der Waals surface area contributed by atoms with Crippen LogP contribution in [0.25, 0.3) is 11.2 Å². The van der Waals surface area contributed by atoms with Gasteiger partial charge >= 0.3 is 13.9 Å². The van der Waals surface area contributed by atoms with E-state index in [1.54, 1.807) is 0 Å². The van der Waals surface area contributed by atoms with Crippen LogP contribution in [0.15, 0.2) is 6.33 Å². The number of nitrogens with zero attached hydrogens (tertiary/aromatic N) is 4. The van der Waals surface area contributed by atoms with Crippen molar-refractivity contribution in [2.45, 2.75) is 24.5 Å². The summed E-state index contributed by atoms with van der Waals surface area (Å²) in [6, 6.07) is 0. The van der Waals surface area contributed by atoms with Crippen molar-refractivity contribution in [3.63, 3.8) is 0 Å². The van der Waals surface area contributed by atoms with Crippen molar-refractivity contribution in [3.05, 3.63) is 12.4 Å². The number of rotatable bonds is 4. The number of hydrogen-bond donors (Lipinski definition) is 5. The molecule has 2 aromatic rings. The zero-order valence-electron chi connectivity index (χ0n) is 11.8. The van der Waals surface area contributed by atoms with Gasteiger partial charge in [-0.3, -0.25) is 9.09 Å². The average molecular weight is 365 g/mol. The SMILES string of the molecule is Nc1nc(F)nc2c1ncn2[C@@H]1O[C@@H](COP(=O)(O)O)[C@@H](O)C1O. The van der Waals surface area contributed by atoms with Crippen LogP contribution < -0.4 is 5.73 Å².